The van der Waals surface area contributed by atoms with Crippen LogP contribution in [0.15, 0.2) is 77.3 Å². The molecule has 0 aromatic heterocycles. The second-order valence-electron chi connectivity index (χ2n) is 5.40. The number of benzene rings is 3. The molecule has 0 atom stereocenters. The third kappa shape index (κ3) is 4.45. The predicted octanol–water partition coefficient (Wildman–Crippen LogP) is 5.60. The van der Waals surface area contributed by atoms with Crippen LogP contribution in [0.4, 0.5) is 10.1 Å². The lowest BCUT2D eigenvalue weighted by atomic mass is 10.1. The first-order chi connectivity index (χ1) is 12.1. The number of nitrogens with one attached hydrogen (secondary N) is 2. The highest BCUT2D eigenvalue weighted by molar-refractivity contribution is 9.10. The Morgan fingerprint density at radius 3 is 2.48 bits per heavy atom. The topological polar surface area (TPSA) is 45.1 Å². The minimum atomic E-state index is -0.383. The van der Waals surface area contributed by atoms with Gasteiger partial charge in [0.25, 0.3) is 0 Å². The van der Waals surface area contributed by atoms with Crippen molar-refractivity contribution in [3.05, 3.63) is 94.2 Å². The molecular weight excluding hydrogens is 383 g/mol. The van der Waals surface area contributed by atoms with Crippen molar-refractivity contribution in [1.82, 2.24) is 0 Å². The molecule has 0 spiro atoms. The zero-order chi connectivity index (χ0) is 17.6. The van der Waals surface area contributed by atoms with E-state index in [-0.39, 0.29) is 11.7 Å². The zero-order valence-corrected chi connectivity index (χ0v) is 14.9. The SMILES string of the molecule is N=C(Nc1ccc(Br)c(F)c1)c1ccccc1OCc1ccccc1. The first kappa shape index (κ1) is 17.2. The first-order valence-corrected chi connectivity index (χ1v) is 8.49. The lowest BCUT2D eigenvalue weighted by molar-refractivity contribution is 0.305. The number of rotatable bonds is 5. The summed E-state index contributed by atoms with van der Waals surface area (Å²) in [5.74, 6) is 0.359. The summed E-state index contributed by atoms with van der Waals surface area (Å²) in [4.78, 5) is 0. The zero-order valence-electron chi connectivity index (χ0n) is 13.3. The van der Waals surface area contributed by atoms with Crippen LogP contribution in [0.3, 0.4) is 0 Å². The molecule has 5 heteroatoms. The minimum Gasteiger partial charge on any atom is -0.488 e. The van der Waals surface area contributed by atoms with Gasteiger partial charge in [0.15, 0.2) is 0 Å². The number of halogens is 2. The molecule has 3 nitrogen and oxygen atoms in total. The van der Waals surface area contributed by atoms with Gasteiger partial charge in [0, 0.05) is 5.69 Å². The van der Waals surface area contributed by atoms with Gasteiger partial charge in [-0.25, -0.2) is 4.39 Å². The summed E-state index contributed by atoms with van der Waals surface area (Å²) in [5, 5.41) is 11.2. The molecule has 2 N–H and O–H groups in total. The molecule has 0 heterocycles. The van der Waals surface area contributed by atoms with E-state index in [4.69, 9.17) is 10.1 Å². The maximum atomic E-state index is 13.6. The molecule has 0 aliphatic rings. The Balaban J connectivity index is 1.75. The van der Waals surface area contributed by atoms with Gasteiger partial charge in [-0.15, -0.1) is 0 Å². The third-order valence-electron chi connectivity index (χ3n) is 3.58. The number of hydrogen-bond acceptors (Lipinski definition) is 2. The van der Waals surface area contributed by atoms with Crippen LogP contribution < -0.4 is 10.1 Å². The molecular formula is C20H16BrFN2O. The van der Waals surface area contributed by atoms with Gasteiger partial charge in [-0.05, 0) is 51.8 Å². The van der Waals surface area contributed by atoms with Crippen molar-refractivity contribution in [1.29, 1.82) is 5.41 Å². The highest BCUT2D eigenvalue weighted by atomic mass is 79.9. The molecule has 0 fully saturated rings. The molecule has 0 saturated carbocycles. The van der Waals surface area contributed by atoms with Gasteiger partial charge >= 0.3 is 0 Å². The smallest absolute Gasteiger partial charge is 0.139 e. The average Bonchev–Trinajstić information content (AvgIpc) is 2.64. The van der Waals surface area contributed by atoms with Crippen molar-refractivity contribution in [3.8, 4) is 5.75 Å². The van der Waals surface area contributed by atoms with Crippen LogP contribution in [0.25, 0.3) is 0 Å². The molecule has 25 heavy (non-hydrogen) atoms. The average molecular weight is 399 g/mol. The van der Waals surface area contributed by atoms with Crippen molar-refractivity contribution in [2.75, 3.05) is 5.32 Å². The van der Waals surface area contributed by atoms with Gasteiger partial charge in [0.05, 0.1) is 10.0 Å². The minimum absolute atomic E-state index is 0.144. The van der Waals surface area contributed by atoms with Gasteiger partial charge in [0.1, 0.15) is 24.0 Å². The van der Waals surface area contributed by atoms with Crippen LogP contribution in [-0.2, 0) is 6.61 Å². The largest absolute Gasteiger partial charge is 0.488 e. The number of ether oxygens (including phenoxy) is 1. The van der Waals surface area contributed by atoms with Crippen molar-refractivity contribution >= 4 is 27.5 Å². The van der Waals surface area contributed by atoms with Crippen LogP contribution in [-0.4, -0.2) is 5.84 Å². The van der Waals surface area contributed by atoms with Gasteiger partial charge < -0.3 is 10.1 Å². The summed E-state index contributed by atoms with van der Waals surface area (Å²) in [6.45, 7) is 0.415. The fourth-order valence-electron chi connectivity index (χ4n) is 2.32. The van der Waals surface area contributed by atoms with Crippen LogP contribution >= 0.6 is 15.9 Å². The second kappa shape index (κ2) is 7.94. The Bertz CT molecular complexity index is 884. The van der Waals surface area contributed by atoms with E-state index < -0.39 is 0 Å². The first-order valence-electron chi connectivity index (χ1n) is 7.70. The van der Waals surface area contributed by atoms with E-state index in [2.05, 4.69) is 21.2 Å². The number of amidine groups is 1. The fraction of sp³-hybridized carbons (Fsp3) is 0.0500. The van der Waals surface area contributed by atoms with Crippen molar-refractivity contribution < 1.29 is 9.13 Å². The molecule has 0 aliphatic carbocycles. The maximum absolute atomic E-state index is 13.6. The number of para-hydroxylation sites is 1. The van der Waals surface area contributed by atoms with Gasteiger partial charge in [-0.1, -0.05) is 42.5 Å². The van der Waals surface area contributed by atoms with Crippen molar-refractivity contribution in [2.24, 2.45) is 0 Å². The van der Waals surface area contributed by atoms with E-state index in [1.807, 2.05) is 48.5 Å². The summed E-state index contributed by atoms with van der Waals surface area (Å²) in [6, 6.07) is 21.8. The Labute approximate surface area is 154 Å². The standard InChI is InChI=1S/C20H16BrFN2O/c21-17-11-10-15(12-18(17)22)24-20(23)16-8-4-5-9-19(16)25-13-14-6-2-1-3-7-14/h1-12H,13H2,(H2,23,24). The van der Waals surface area contributed by atoms with Crippen LogP contribution in [0.2, 0.25) is 0 Å². The molecule has 126 valence electrons. The van der Waals surface area contributed by atoms with Crippen molar-refractivity contribution in [3.63, 3.8) is 0 Å². The van der Waals surface area contributed by atoms with E-state index in [0.29, 0.717) is 28.1 Å². The summed E-state index contributed by atoms with van der Waals surface area (Å²) in [7, 11) is 0. The van der Waals surface area contributed by atoms with Crippen LogP contribution in [0.1, 0.15) is 11.1 Å². The highest BCUT2D eigenvalue weighted by Gasteiger charge is 2.10. The van der Waals surface area contributed by atoms with E-state index in [1.165, 1.54) is 6.07 Å². The van der Waals surface area contributed by atoms with Crippen molar-refractivity contribution in [2.45, 2.75) is 6.61 Å². The summed E-state index contributed by atoms with van der Waals surface area (Å²) in [6.07, 6.45) is 0. The molecule has 0 bridgehead atoms. The van der Waals surface area contributed by atoms with E-state index in [0.717, 1.165) is 5.56 Å². The lowest BCUT2D eigenvalue weighted by Crippen LogP contribution is -2.14. The lowest BCUT2D eigenvalue weighted by Gasteiger charge is -2.14. The molecule has 0 saturated heterocycles. The number of hydrogen-bond donors (Lipinski definition) is 2. The van der Waals surface area contributed by atoms with E-state index in [1.54, 1.807) is 18.2 Å². The quantitative estimate of drug-likeness (QED) is 0.433. The Kier molecular flexibility index (Phi) is 5.46. The summed E-state index contributed by atoms with van der Waals surface area (Å²) in [5.41, 5.74) is 2.16. The maximum Gasteiger partial charge on any atom is 0.139 e. The van der Waals surface area contributed by atoms with Gasteiger partial charge in [-0.2, -0.15) is 0 Å². The molecule has 0 amide bonds. The molecule has 3 aromatic rings. The third-order valence-corrected chi connectivity index (χ3v) is 4.23. The van der Waals surface area contributed by atoms with Crippen LogP contribution in [0, 0.1) is 11.2 Å². The van der Waals surface area contributed by atoms with E-state index in [9.17, 15) is 4.39 Å². The highest BCUT2D eigenvalue weighted by Crippen LogP contribution is 2.23. The normalized spacial score (nSPS) is 10.3. The summed E-state index contributed by atoms with van der Waals surface area (Å²) >= 11 is 3.12. The monoisotopic (exact) mass is 398 g/mol. The Morgan fingerprint density at radius 2 is 1.72 bits per heavy atom. The molecule has 0 unspecified atom stereocenters. The van der Waals surface area contributed by atoms with Gasteiger partial charge in [-0.3, -0.25) is 5.41 Å². The predicted molar refractivity (Wildman–Crippen MR) is 102 cm³/mol. The number of anilines is 1. The molecule has 0 aliphatic heterocycles. The second-order valence-corrected chi connectivity index (χ2v) is 6.25. The fourth-order valence-corrected chi connectivity index (χ4v) is 2.57. The molecule has 3 rings (SSSR count). The summed E-state index contributed by atoms with van der Waals surface area (Å²) < 4.78 is 19.9. The van der Waals surface area contributed by atoms with Crippen LogP contribution in [0.5, 0.6) is 5.75 Å². The molecule has 0 radical (unpaired) electrons. The van der Waals surface area contributed by atoms with Gasteiger partial charge in [0.2, 0.25) is 0 Å². The van der Waals surface area contributed by atoms with E-state index >= 15 is 0 Å². The molecule has 3 aromatic carbocycles. The Hall–Kier alpha value is -2.66. The Morgan fingerprint density at radius 1 is 1.00 bits per heavy atom.